The predicted molar refractivity (Wildman–Crippen MR) is 80.0 cm³/mol. The van der Waals surface area contributed by atoms with Crippen LogP contribution < -0.4 is 0 Å². The Morgan fingerprint density at radius 1 is 1.05 bits per heavy atom. The van der Waals surface area contributed by atoms with E-state index in [1.807, 2.05) is 11.9 Å². The molecular weight excluding hydrogens is 250 g/mol. The smallest absolute Gasteiger partial charge is 0.176 e. The largest absolute Gasteiger partial charge is 0.508 e. The second kappa shape index (κ2) is 6.35. The van der Waals surface area contributed by atoms with Crippen LogP contribution in [0.2, 0.25) is 0 Å². The van der Waals surface area contributed by atoms with Crippen molar-refractivity contribution in [2.24, 2.45) is 0 Å². The normalized spacial score (nSPS) is 10.8. The number of carbonyl (C=O) groups is 1. The number of hydrogen-bond donors (Lipinski definition) is 1. The van der Waals surface area contributed by atoms with Crippen LogP contribution >= 0.6 is 0 Å². The van der Waals surface area contributed by atoms with E-state index in [-0.39, 0.29) is 11.5 Å². The van der Waals surface area contributed by atoms with Crippen molar-refractivity contribution in [1.82, 2.24) is 4.90 Å². The number of benzene rings is 2. The van der Waals surface area contributed by atoms with E-state index in [0.717, 1.165) is 6.54 Å². The van der Waals surface area contributed by atoms with E-state index < -0.39 is 0 Å². The van der Waals surface area contributed by atoms with Crippen LogP contribution in [0.3, 0.4) is 0 Å². The number of rotatable bonds is 5. The maximum Gasteiger partial charge on any atom is 0.176 e. The van der Waals surface area contributed by atoms with Crippen molar-refractivity contribution in [3.63, 3.8) is 0 Å². The van der Waals surface area contributed by atoms with Gasteiger partial charge in [0.1, 0.15) is 5.75 Å². The molecule has 2 aromatic rings. The number of carbonyl (C=O) groups excluding carboxylic acids is 1. The first-order chi connectivity index (χ1) is 9.54. The summed E-state index contributed by atoms with van der Waals surface area (Å²) >= 11 is 0. The molecule has 0 amide bonds. The molecule has 0 heterocycles. The fourth-order valence-corrected chi connectivity index (χ4v) is 2.04. The van der Waals surface area contributed by atoms with E-state index in [0.29, 0.717) is 12.1 Å². The second-order valence-corrected chi connectivity index (χ2v) is 5.13. The molecule has 0 fully saturated rings. The van der Waals surface area contributed by atoms with E-state index in [1.165, 1.54) is 23.3 Å². The maximum absolute atomic E-state index is 12.1. The highest BCUT2D eigenvalue weighted by atomic mass is 16.3. The summed E-state index contributed by atoms with van der Waals surface area (Å²) in [5.41, 5.74) is 3.05. The number of hydrogen-bond acceptors (Lipinski definition) is 3. The lowest BCUT2D eigenvalue weighted by molar-refractivity contribution is 0.0943. The van der Waals surface area contributed by atoms with Crippen LogP contribution in [0.1, 0.15) is 21.5 Å². The van der Waals surface area contributed by atoms with Crippen LogP contribution in [-0.2, 0) is 6.54 Å². The van der Waals surface area contributed by atoms with Crippen LogP contribution in [0.4, 0.5) is 0 Å². The predicted octanol–water partition coefficient (Wildman–Crippen LogP) is 3.02. The van der Waals surface area contributed by atoms with Gasteiger partial charge in [0.05, 0.1) is 6.54 Å². The van der Waals surface area contributed by atoms with Gasteiger partial charge in [0.15, 0.2) is 5.78 Å². The van der Waals surface area contributed by atoms with E-state index >= 15 is 0 Å². The summed E-state index contributed by atoms with van der Waals surface area (Å²) in [4.78, 5) is 14.1. The van der Waals surface area contributed by atoms with E-state index in [4.69, 9.17) is 0 Å². The molecule has 104 valence electrons. The molecule has 3 nitrogen and oxygen atoms in total. The van der Waals surface area contributed by atoms with Gasteiger partial charge in [0.2, 0.25) is 0 Å². The lowest BCUT2D eigenvalue weighted by Crippen LogP contribution is -2.25. The molecular formula is C17H19NO2. The molecule has 0 aliphatic carbocycles. The molecule has 0 radical (unpaired) electrons. The number of aromatic hydroxyl groups is 1. The van der Waals surface area contributed by atoms with Crippen LogP contribution in [0, 0.1) is 6.92 Å². The van der Waals surface area contributed by atoms with Gasteiger partial charge < -0.3 is 5.11 Å². The van der Waals surface area contributed by atoms with Crippen molar-refractivity contribution in [2.45, 2.75) is 13.5 Å². The van der Waals surface area contributed by atoms with Crippen LogP contribution in [-0.4, -0.2) is 29.4 Å². The van der Waals surface area contributed by atoms with Crippen molar-refractivity contribution in [3.8, 4) is 5.75 Å². The Balaban J connectivity index is 1.93. The number of aryl methyl sites for hydroxylation is 1. The first-order valence-electron chi connectivity index (χ1n) is 6.61. The molecule has 3 heteroatoms. The molecule has 0 saturated carbocycles. The average Bonchev–Trinajstić information content (AvgIpc) is 2.42. The zero-order valence-corrected chi connectivity index (χ0v) is 11.8. The van der Waals surface area contributed by atoms with E-state index in [9.17, 15) is 9.90 Å². The zero-order valence-electron chi connectivity index (χ0n) is 11.8. The number of phenolic OH excluding ortho intramolecular Hbond substituents is 1. The molecule has 2 rings (SSSR count). The van der Waals surface area contributed by atoms with Crippen molar-refractivity contribution in [2.75, 3.05) is 13.6 Å². The number of Topliss-reactive ketones (excluding diaryl/α,β-unsaturated/α-hetero) is 1. The van der Waals surface area contributed by atoms with Gasteiger partial charge in [0, 0.05) is 12.1 Å². The van der Waals surface area contributed by atoms with E-state index in [2.05, 4.69) is 31.2 Å². The lowest BCUT2D eigenvalue weighted by Gasteiger charge is -2.16. The summed E-state index contributed by atoms with van der Waals surface area (Å²) in [5.74, 6) is 0.231. The number of nitrogens with zero attached hydrogens (tertiary/aromatic N) is 1. The molecule has 20 heavy (non-hydrogen) atoms. The topological polar surface area (TPSA) is 40.5 Å². The Kier molecular flexibility index (Phi) is 4.53. The molecule has 0 unspecified atom stereocenters. The Labute approximate surface area is 119 Å². The summed E-state index contributed by atoms with van der Waals surface area (Å²) in [7, 11) is 1.93. The molecule has 1 N–H and O–H groups in total. The van der Waals surface area contributed by atoms with Crippen molar-refractivity contribution in [1.29, 1.82) is 0 Å². The van der Waals surface area contributed by atoms with Crippen molar-refractivity contribution < 1.29 is 9.90 Å². The van der Waals surface area contributed by atoms with E-state index in [1.54, 1.807) is 12.1 Å². The quantitative estimate of drug-likeness (QED) is 0.848. The van der Waals surface area contributed by atoms with Gasteiger partial charge in [-0.05, 0) is 43.8 Å². The molecule has 2 aromatic carbocycles. The number of likely N-dealkylation sites (N-methyl/N-ethyl adjacent to an activating group) is 1. The third-order valence-corrected chi connectivity index (χ3v) is 3.18. The fourth-order valence-electron chi connectivity index (χ4n) is 2.04. The molecule has 0 atom stereocenters. The number of ketones is 1. The highest BCUT2D eigenvalue weighted by Crippen LogP contribution is 2.11. The molecule has 0 aliphatic heterocycles. The van der Waals surface area contributed by atoms with Gasteiger partial charge in [0.25, 0.3) is 0 Å². The van der Waals surface area contributed by atoms with Gasteiger partial charge in [-0.3, -0.25) is 9.69 Å². The van der Waals surface area contributed by atoms with Crippen molar-refractivity contribution in [3.05, 3.63) is 65.2 Å². The molecule has 0 aliphatic rings. The average molecular weight is 269 g/mol. The molecule has 0 bridgehead atoms. The highest BCUT2D eigenvalue weighted by Gasteiger charge is 2.09. The Bertz CT molecular complexity index is 573. The summed E-state index contributed by atoms with van der Waals surface area (Å²) in [6.45, 7) is 3.16. The Morgan fingerprint density at radius 3 is 2.25 bits per heavy atom. The molecule has 0 saturated heterocycles. The van der Waals surface area contributed by atoms with Gasteiger partial charge in [-0.1, -0.05) is 29.8 Å². The minimum Gasteiger partial charge on any atom is -0.508 e. The standard InChI is InChI=1S/C17H19NO2/c1-13-3-5-14(6-4-13)11-18(2)12-17(20)15-7-9-16(19)10-8-15/h3-10,19H,11-12H2,1-2H3. The monoisotopic (exact) mass is 269 g/mol. The summed E-state index contributed by atoms with van der Waals surface area (Å²) < 4.78 is 0. The third-order valence-electron chi connectivity index (χ3n) is 3.18. The second-order valence-electron chi connectivity index (χ2n) is 5.13. The summed E-state index contributed by atoms with van der Waals surface area (Å²) in [6.07, 6.45) is 0. The SMILES string of the molecule is Cc1ccc(CN(C)CC(=O)c2ccc(O)cc2)cc1. The zero-order chi connectivity index (χ0) is 14.5. The Hall–Kier alpha value is -2.13. The third kappa shape index (κ3) is 3.93. The van der Waals surface area contributed by atoms with Crippen molar-refractivity contribution >= 4 is 5.78 Å². The van der Waals surface area contributed by atoms with Crippen LogP contribution in [0.15, 0.2) is 48.5 Å². The maximum atomic E-state index is 12.1. The van der Waals surface area contributed by atoms with Crippen LogP contribution in [0.5, 0.6) is 5.75 Å². The first-order valence-corrected chi connectivity index (χ1v) is 6.61. The fraction of sp³-hybridized carbons (Fsp3) is 0.235. The van der Waals surface area contributed by atoms with Gasteiger partial charge in [-0.2, -0.15) is 0 Å². The van der Waals surface area contributed by atoms with Gasteiger partial charge in [-0.15, -0.1) is 0 Å². The number of phenols is 1. The van der Waals surface area contributed by atoms with Crippen LogP contribution in [0.25, 0.3) is 0 Å². The molecule has 0 aromatic heterocycles. The van der Waals surface area contributed by atoms with Gasteiger partial charge >= 0.3 is 0 Å². The Morgan fingerprint density at radius 2 is 1.65 bits per heavy atom. The lowest BCUT2D eigenvalue weighted by atomic mass is 10.1. The van der Waals surface area contributed by atoms with Gasteiger partial charge in [-0.25, -0.2) is 0 Å². The highest BCUT2D eigenvalue weighted by molar-refractivity contribution is 5.97. The minimum atomic E-state index is 0.0552. The first kappa shape index (κ1) is 14.3. The molecule has 0 spiro atoms. The minimum absolute atomic E-state index is 0.0552. The summed E-state index contributed by atoms with van der Waals surface area (Å²) in [5, 5.41) is 9.22. The summed E-state index contributed by atoms with van der Waals surface area (Å²) in [6, 6.07) is 14.7.